The summed E-state index contributed by atoms with van der Waals surface area (Å²) in [5.74, 6) is 0.371. The highest BCUT2D eigenvalue weighted by atomic mass is 16.5. The summed E-state index contributed by atoms with van der Waals surface area (Å²) >= 11 is 0. The molecule has 0 fully saturated rings. The molecule has 3 N–H and O–H groups in total. The summed E-state index contributed by atoms with van der Waals surface area (Å²) < 4.78 is 5.84. The summed E-state index contributed by atoms with van der Waals surface area (Å²) in [7, 11) is 0. The number of rotatable bonds is 10. The second-order valence-corrected chi connectivity index (χ2v) is 7.72. The first-order valence-electron chi connectivity index (χ1n) is 10.7. The second kappa shape index (κ2) is 11.6. The van der Waals surface area contributed by atoms with Gasteiger partial charge in [-0.3, -0.25) is 9.59 Å². The number of hydrogen-bond donors (Lipinski definition) is 3. The Bertz CT molecular complexity index is 1040. The van der Waals surface area contributed by atoms with Crippen LogP contribution in [0.25, 0.3) is 0 Å². The van der Waals surface area contributed by atoms with Crippen LogP contribution in [-0.2, 0) is 11.2 Å². The fourth-order valence-electron chi connectivity index (χ4n) is 3.10. The van der Waals surface area contributed by atoms with Crippen LogP contribution in [0, 0.1) is 0 Å². The molecule has 0 aliphatic carbocycles. The first-order valence-corrected chi connectivity index (χ1v) is 10.7. The number of carbonyl (C=O) groups excluding carboxylic acids is 2. The average Bonchev–Trinajstić information content (AvgIpc) is 2.78. The third-order valence-corrected chi connectivity index (χ3v) is 4.62. The van der Waals surface area contributed by atoms with E-state index < -0.39 is 0 Å². The lowest BCUT2D eigenvalue weighted by molar-refractivity contribution is -0.114. The van der Waals surface area contributed by atoms with E-state index in [2.05, 4.69) is 28.1 Å². The van der Waals surface area contributed by atoms with Crippen molar-refractivity contribution in [2.45, 2.75) is 26.3 Å². The van der Waals surface area contributed by atoms with Gasteiger partial charge >= 0.3 is 0 Å². The molecule has 0 aromatic heterocycles. The predicted molar refractivity (Wildman–Crippen MR) is 128 cm³/mol. The third-order valence-electron chi connectivity index (χ3n) is 4.62. The standard InChI is InChI=1S/C26H29N3O3/c1-19(2)28-26(31)21-10-6-12-23(16-21)29-25(30)18-27-22-11-7-13-24(17-22)32-15-14-20-8-4-3-5-9-20/h3-13,16-17,19,27H,14-15,18H2,1-2H3,(H,28,31)(H,29,30). The minimum Gasteiger partial charge on any atom is -0.493 e. The molecule has 3 rings (SSSR count). The van der Waals surface area contributed by atoms with Crippen LogP contribution in [-0.4, -0.2) is 31.0 Å². The van der Waals surface area contributed by atoms with Gasteiger partial charge < -0.3 is 20.7 Å². The lowest BCUT2D eigenvalue weighted by atomic mass is 10.1. The van der Waals surface area contributed by atoms with E-state index in [1.165, 1.54) is 5.56 Å². The first-order chi connectivity index (χ1) is 15.5. The minimum atomic E-state index is -0.207. The third kappa shape index (κ3) is 7.47. The molecule has 0 unspecified atom stereocenters. The van der Waals surface area contributed by atoms with Gasteiger partial charge in [-0.25, -0.2) is 0 Å². The summed E-state index contributed by atoms with van der Waals surface area (Å²) in [5, 5.41) is 8.76. The molecule has 3 aromatic rings. The van der Waals surface area contributed by atoms with Crippen molar-refractivity contribution in [3.63, 3.8) is 0 Å². The van der Waals surface area contributed by atoms with Crippen molar-refractivity contribution in [3.05, 3.63) is 90.0 Å². The summed E-state index contributed by atoms with van der Waals surface area (Å²) in [6, 6.07) is 24.6. The van der Waals surface area contributed by atoms with Crippen LogP contribution >= 0.6 is 0 Å². The zero-order chi connectivity index (χ0) is 22.8. The number of nitrogens with one attached hydrogen (secondary N) is 3. The molecule has 6 heteroatoms. The molecule has 0 atom stereocenters. The Hall–Kier alpha value is -3.80. The molecule has 0 radical (unpaired) electrons. The molecular weight excluding hydrogens is 402 g/mol. The molecule has 166 valence electrons. The lowest BCUT2D eigenvalue weighted by Gasteiger charge is -2.12. The van der Waals surface area contributed by atoms with Crippen LogP contribution in [0.1, 0.15) is 29.8 Å². The molecule has 0 bridgehead atoms. The van der Waals surface area contributed by atoms with Gasteiger partial charge in [0.15, 0.2) is 0 Å². The van der Waals surface area contributed by atoms with Gasteiger partial charge in [-0.05, 0) is 49.7 Å². The zero-order valence-electron chi connectivity index (χ0n) is 18.4. The van der Waals surface area contributed by atoms with Crippen LogP contribution in [0.4, 0.5) is 11.4 Å². The lowest BCUT2D eigenvalue weighted by Crippen LogP contribution is -2.30. The first kappa shape index (κ1) is 22.9. The Balaban J connectivity index is 1.47. The van der Waals surface area contributed by atoms with Crippen molar-refractivity contribution in [3.8, 4) is 5.75 Å². The number of ether oxygens (including phenoxy) is 1. The van der Waals surface area contributed by atoms with Crippen molar-refractivity contribution < 1.29 is 14.3 Å². The highest BCUT2D eigenvalue weighted by Gasteiger charge is 2.09. The van der Waals surface area contributed by atoms with E-state index in [0.29, 0.717) is 17.9 Å². The Morgan fingerprint density at radius 2 is 1.62 bits per heavy atom. The van der Waals surface area contributed by atoms with Crippen LogP contribution in [0.5, 0.6) is 5.75 Å². The molecule has 0 aliphatic heterocycles. The van der Waals surface area contributed by atoms with Gasteiger partial charge in [-0.15, -0.1) is 0 Å². The van der Waals surface area contributed by atoms with E-state index >= 15 is 0 Å². The quantitative estimate of drug-likeness (QED) is 0.442. The number of benzene rings is 3. The highest BCUT2D eigenvalue weighted by molar-refractivity contribution is 5.98. The van der Waals surface area contributed by atoms with Crippen molar-refractivity contribution in [2.24, 2.45) is 0 Å². The van der Waals surface area contributed by atoms with Crippen LogP contribution in [0.3, 0.4) is 0 Å². The molecule has 0 aliphatic rings. The normalized spacial score (nSPS) is 10.5. The van der Waals surface area contributed by atoms with Crippen molar-refractivity contribution in [1.29, 1.82) is 0 Å². The van der Waals surface area contributed by atoms with Crippen molar-refractivity contribution in [1.82, 2.24) is 5.32 Å². The van der Waals surface area contributed by atoms with E-state index in [-0.39, 0.29) is 24.4 Å². The Kier molecular flexibility index (Phi) is 8.26. The molecule has 0 saturated carbocycles. The van der Waals surface area contributed by atoms with Crippen molar-refractivity contribution in [2.75, 3.05) is 23.8 Å². The van der Waals surface area contributed by atoms with E-state index in [1.807, 2.05) is 56.3 Å². The number of hydrogen-bond acceptors (Lipinski definition) is 4. The molecule has 6 nitrogen and oxygen atoms in total. The van der Waals surface area contributed by atoms with Gasteiger partial charge in [0.05, 0.1) is 13.2 Å². The molecule has 3 aromatic carbocycles. The molecule has 32 heavy (non-hydrogen) atoms. The smallest absolute Gasteiger partial charge is 0.251 e. The minimum absolute atomic E-state index is 0.0445. The molecular formula is C26H29N3O3. The summed E-state index contributed by atoms with van der Waals surface area (Å²) in [6.45, 7) is 4.47. The van der Waals surface area contributed by atoms with E-state index in [0.717, 1.165) is 17.9 Å². The maximum absolute atomic E-state index is 12.4. The number of carbonyl (C=O) groups is 2. The summed E-state index contributed by atoms with van der Waals surface area (Å²) in [6.07, 6.45) is 0.829. The van der Waals surface area contributed by atoms with Gasteiger partial charge in [0.2, 0.25) is 5.91 Å². The van der Waals surface area contributed by atoms with Crippen LogP contribution in [0.15, 0.2) is 78.9 Å². The van der Waals surface area contributed by atoms with Crippen LogP contribution < -0.4 is 20.7 Å². The predicted octanol–water partition coefficient (Wildman–Crippen LogP) is 4.50. The number of amides is 2. The summed E-state index contributed by atoms with van der Waals surface area (Å²) in [4.78, 5) is 24.5. The van der Waals surface area contributed by atoms with Gasteiger partial charge in [0.1, 0.15) is 5.75 Å². The van der Waals surface area contributed by atoms with Gasteiger partial charge in [-0.1, -0.05) is 42.5 Å². The van der Waals surface area contributed by atoms with E-state index in [1.54, 1.807) is 24.3 Å². The monoisotopic (exact) mass is 431 g/mol. The molecule has 2 amide bonds. The highest BCUT2D eigenvalue weighted by Crippen LogP contribution is 2.18. The largest absolute Gasteiger partial charge is 0.493 e. The fourth-order valence-corrected chi connectivity index (χ4v) is 3.10. The van der Waals surface area contributed by atoms with Crippen LogP contribution in [0.2, 0.25) is 0 Å². The topological polar surface area (TPSA) is 79.5 Å². The molecule has 0 heterocycles. The van der Waals surface area contributed by atoms with Crippen molar-refractivity contribution >= 4 is 23.2 Å². The maximum Gasteiger partial charge on any atom is 0.251 e. The Morgan fingerprint density at radius 3 is 2.41 bits per heavy atom. The van der Waals surface area contributed by atoms with Gasteiger partial charge in [-0.2, -0.15) is 0 Å². The maximum atomic E-state index is 12.4. The zero-order valence-corrected chi connectivity index (χ0v) is 18.4. The summed E-state index contributed by atoms with van der Waals surface area (Å²) in [5.41, 5.74) is 3.10. The second-order valence-electron chi connectivity index (χ2n) is 7.72. The fraction of sp³-hybridized carbons (Fsp3) is 0.231. The SMILES string of the molecule is CC(C)NC(=O)c1cccc(NC(=O)CNc2cccc(OCCc3ccccc3)c2)c1. The van der Waals surface area contributed by atoms with E-state index in [4.69, 9.17) is 4.74 Å². The molecule has 0 saturated heterocycles. The number of anilines is 2. The molecule has 0 spiro atoms. The average molecular weight is 432 g/mol. The van der Waals surface area contributed by atoms with Gasteiger partial charge in [0.25, 0.3) is 5.91 Å². The Labute approximate surface area is 189 Å². The van der Waals surface area contributed by atoms with E-state index in [9.17, 15) is 9.59 Å². The Morgan fingerprint density at radius 1 is 0.875 bits per heavy atom. The van der Waals surface area contributed by atoms with Gasteiger partial charge in [0, 0.05) is 35.5 Å².